The highest BCUT2D eigenvalue weighted by molar-refractivity contribution is 6.29. The van der Waals surface area contributed by atoms with Crippen LogP contribution in [0.15, 0.2) is 188 Å². The van der Waals surface area contributed by atoms with Crippen LogP contribution in [0, 0.1) is 11.3 Å². The summed E-state index contributed by atoms with van der Waals surface area (Å²) in [5, 5.41) is 14.9. The summed E-state index contributed by atoms with van der Waals surface area (Å²) in [6.45, 7) is 0. The highest BCUT2D eigenvalue weighted by atomic mass is 19.4. The molecule has 0 atom stereocenters. The zero-order chi connectivity index (χ0) is 42.0. The van der Waals surface area contributed by atoms with Crippen LogP contribution in [0.25, 0.3) is 100 Å². The molecule has 8 aromatic carbocycles. The van der Waals surface area contributed by atoms with E-state index in [2.05, 4.69) is 51.6 Å². The SMILES string of the molecule is N#Cc1cc(-c2nc(-c3ccccc3)nc(-c3ccccc3)n2)ccc1-n1c2ccccc2c2c3c4ccccc4n(-c4ccc(-c5ccccc5C(F)(F)F)cc4)c3ccc21. The van der Waals surface area contributed by atoms with E-state index in [1.165, 1.54) is 12.1 Å². The fraction of sp³-hybridized carbons (Fsp3) is 0.0189. The van der Waals surface area contributed by atoms with Crippen molar-refractivity contribution in [1.29, 1.82) is 5.26 Å². The minimum Gasteiger partial charge on any atom is -0.309 e. The van der Waals surface area contributed by atoms with Gasteiger partial charge in [0.15, 0.2) is 17.5 Å². The second kappa shape index (κ2) is 14.4. The number of hydrogen-bond donors (Lipinski definition) is 0. The molecule has 0 fully saturated rings. The zero-order valence-electron chi connectivity index (χ0n) is 32.7. The topological polar surface area (TPSA) is 72.3 Å². The standard InChI is InChI=1S/C53H31F3N6/c54-53(55,56)42-20-10-7-17-39(42)33-23-26-38(27-24-33)61-44-21-11-8-18-40(44)48-46(61)29-30-47-49(48)41-19-9-12-22-45(41)62(47)43-28-25-36(31-37(43)32-57)52-59-50(34-13-3-1-4-14-34)58-51(60-52)35-15-5-2-6-16-35/h1-31H. The van der Waals surface area contributed by atoms with Crippen molar-refractivity contribution < 1.29 is 13.2 Å². The van der Waals surface area contributed by atoms with Crippen molar-refractivity contribution in [3.8, 4) is 62.7 Å². The fourth-order valence-electron chi connectivity index (χ4n) is 8.73. The molecule has 0 bridgehead atoms. The number of aromatic nitrogens is 5. The van der Waals surface area contributed by atoms with Gasteiger partial charge in [0.25, 0.3) is 0 Å². The van der Waals surface area contributed by atoms with E-state index in [0.29, 0.717) is 39.9 Å². The van der Waals surface area contributed by atoms with Crippen LogP contribution in [0.4, 0.5) is 13.2 Å². The Bertz CT molecular complexity index is 3510. The van der Waals surface area contributed by atoms with Gasteiger partial charge in [-0.1, -0.05) is 127 Å². The lowest BCUT2D eigenvalue weighted by Crippen LogP contribution is -2.06. The lowest BCUT2D eigenvalue weighted by molar-refractivity contribution is -0.137. The van der Waals surface area contributed by atoms with E-state index in [4.69, 9.17) is 15.0 Å². The van der Waals surface area contributed by atoms with Gasteiger partial charge in [0, 0.05) is 43.9 Å². The molecular weight excluding hydrogens is 778 g/mol. The molecule has 0 saturated carbocycles. The van der Waals surface area contributed by atoms with Gasteiger partial charge >= 0.3 is 6.18 Å². The lowest BCUT2D eigenvalue weighted by atomic mass is 9.99. The third-order valence-corrected chi connectivity index (χ3v) is 11.5. The summed E-state index contributed by atoms with van der Waals surface area (Å²) in [5.74, 6) is 1.52. The molecule has 0 saturated heterocycles. The van der Waals surface area contributed by atoms with E-state index < -0.39 is 11.7 Å². The summed E-state index contributed by atoms with van der Waals surface area (Å²) in [6, 6.07) is 61.2. The van der Waals surface area contributed by atoms with Crippen LogP contribution < -0.4 is 0 Å². The molecule has 62 heavy (non-hydrogen) atoms. The molecule has 0 amide bonds. The Labute approximate surface area is 353 Å². The van der Waals surface area contributed by atoms with Crippen molar-refractivity contribution in [2.75, 3.05) is 0 Å². The third kappa shape index (κ3) is 6.00. The van der Waals surface area contributed by atoms with Gasteiger partial charge in [0.2, 0.25) is 0 Å². The largest absolute Gasteiger partial charge is 0.417 e. The molecule has 0 aliphatic carbocycles. The van der Waals surface area contributed by atoms with E-state index in [-0.39, 0.29) is 5.56 Å². The quantitative estimate of drug-likeness (QED) is 0.168. The molecule has 294 valence electrons. The van der Waals surface area contributed by atoms with Gasteiger partial charge in [0.1, 0.15) is 6.07 Å². The zero-order valence-corrected chi connectivity index (χ0v) is 32.7. The molecule has 0 N–H and O–H groups in total. The predicted octanol–water partition coefficient (Wildman–Crippen LogP) is 13.6. The number of nitrogens with zero attached hydrogens (tertiary/aromatic N) is 6. The molecule has 3 aromatic heterocycles. The number of benzene rings is 8. The Kier molecular flexibility index (Phi) is 8.55. The predicted molar refractivity (Wildman–Crippen MR) is 240 cm³/mol. The van der Waals surface area contributed by atoms with E-state index in [1.807, 2.05) is 115 Å². The molecule has 6 nitrogen and oxygen atoms in total. The van der Waals surface area contributed by atoms with Crippen molar-refractivity contribution in [1.82, 2.24) is 24.1 Å². The summed E-state index contributed by atoms with van der Waals surface area (Å²) in [6.07, 6.45) is -4.48. The average Bonchev–Trinajstić information content (AvgIpc) is 3.84. The molecule has 0 spiro atoms. The summed E-state index contributed by atoms with van der Waals surface area (Å²) in [7, 11) is 0. The monoisotopic (exact) mass is 808 g/mol. The van der Waals surface area contributed by atoms with Crippen molar-refractivity contribution in [2.24, 2.45) is 0 Å². The molecule has 0 aliphatic heterocycles. The van der Waals surface area contributed by atoms with Crippen molar-refractivity contribution in [3.63, 3.8) is 0 Å². The summed E-state index contributed by atoms with van der Waals surface area (Å²) in [5.41, 5.74) is 8.07. The molecule has 0 aliphatic rings. The molecule has 11 aromatic rings. The molecule has 0 radical (unpaired) electrons. The summed E-state index contributed by atoms with van der Waals surface area (Å²) >= 11 is 0. The van der Waals surface area contributed by atoms with Crippen LogP contribution in [0.3, 0.4) is 0 Å². The van der Waals surface area contributed by atoms with Crippen molar-refractivity contribution >= 4 is 43.6 Å². The first-order valence-electron chi connectivity index (χ1n) is 20.0. The Morgan fingerprint density at radius 1 is 0.435 bits per heavy atom. The highest BCUT2D eigenvalue weighted by Crippen LogP contribution is 2.44. The first-order valence-corrected chi connectivity index (χ1v) is 20.0. The second-order valence-electron chi connectivity index (χ2n) is 15.0. The summed E-state index contributed by atoms with van der Waals surface area (Å²) < 4.78 is 46.2. The summed E-state index contributed by atoms with van der Waals surface area (Å²) in [4.78, 5) is 14.6. The van der Waals surface area contributed by atoms with E-state index in [9.17, 15) is 18.4 Å². The van der Waals surface area contributed by atoms with E-state index in [0.717, 1.165) is 66.5 Å². The number of hydrogen-bond acceptors (Lipinski definition) is 4. The second-order valence-corrected chi connectivity index (χ2v) is 15.0. The Morgan fingerprint density at radius 3 is 1.50 bits per heavy atom. The van der Waals surface area contributed by atoms with Gasteiger partial charge in [-0.15, -0.1) is 0 Å². The highest BCUT2D eigenvalue weighted by Gasteiger charge is 2.33. The maximum absolute atomic E-state index is 14.0. The number of halogens is 3. The first kappa shape index (κ1) is 36.7. The number of alkyl halides is 3. The minimum absolute atomic E-state index is 0.134. The number of para-hydroxylation sites is 2. The number of rotatable bonds is 6. The molecule has 0 unspecified atom stereocenters. The normalized spacial score (nSPS) is 11.8. The van der Waals surface area contributed by atoms with Crippen LogP contribution >= 0.6 is 0 Å². The molecule has 3 heterocycles. The lowest BCUT2D eigenvalue weighted by Gasteiger charge is -2.14. The molecule has 11 rings (SSSR count). The van der Waals surface area contributed by atoms with Crippen molar-refractivity contribution in [3.05, 3.63) is 199 Å². The average molecular weight is 809 g/mol. The number of nitriles is 1. The van der Waals surface area contributed by atoms with Gasteiger partial charge < -0.3 is 9.13 Å². The molecular formula is C53H31F3N6. The minimum atomic E-state index is -4.48. The van der Waals surface area contributed by atoms with Crippen LogP contribution in [0.1, 0.15) is 11.1 Å². The van der Waals surface area contributed by atoms with Gasteiger partial charge in [-0.25, -0.2) is 15.0 Å². The molecule has 9 heteroatoms. The smallest absolute Gasteiger partial charge is 0.309 e. The Balaban J connectivity index is 1.08. The van der Waals surface area contributed by atoms with Gasteiger partial charge in [-0.05, 0) is 71.8 Å². The third-order valence-electron chi connectivity index (χ3n) is 11.5. The maximum atomic E-state index is 14.0. The van der Waals surface area contributed by atoms with Crippen LogP contribution in [-0.4, -0.2) is 24.1 Å². The van der Waals surface area contributed by atoms with E-state index in [1.54, 1.807) is 18.2 Å². The fourth-order valence-corrected chi connectivity index (χ4v) is 8.73. The van der Waals surface area contributed by atoms with Crippen LogP contribution in [0.5, 0.6) is 0 Å². The Hall–Kier alpha value is -8.35. The van der Waals surface area contributed by atoms with Crippen LogP contribution in [-0.2, 0) is 6.18 Å². The van der Waals surface area contributed by atoms with Crippen LogP contribution in [0.2, 0.25) is 0 Å². The van der Waals surface area contributed by atoms with Gasteiger partial charge in [-0.2, -0.15) is 18.4 Å². The first-order chi connectivity index (χ1) is 30.4. The maximum Gasteiger partial charge on any atom is 0.417 e. The number of fused-ring (bicyclic) bond motifs is 7. The van der Waals surface area contributed by atoms with Gasteiger partial charge in [-0.3, -0.25) is 0 Å². The Morgan fingerprint density at radius 2 is 0.919 bits per heavy atom. The van der Waals surface area contributed by atoms with E-state index >= 15 is 0 Å². The van der Waals surface area contributed by atoms with Gasteiger partial charge in [0.05, 0.1) is 38.9 Å². The van der Waals surface area contributed by atoms with Crippen molar-refractivity contribution in [2.45, 2.75) is 6.18 Å².